The minimum Gasteiger partial charge on any atom is -0.480 e. The third-order valence-corrected chi connectivity index (χ3v) is 4.88. The Hall–Kier alpha value is -2.47. The SMILES string of the molecule is [2H]C([2H])([2H])SCC[C@H](NC(=O)OCC1c2ccccc2-c2ccccc21)C(=O)O. The zero-order valence-electron chi connectivity index (χ0n) is 17.0. The van der Waals surface area contributed by atoms with E-state index in [9.17, 15) is 14.7 Å². The normalized spacial score (nSPS) is 15.8. The largest absolute Gasteiger partial charge is 0.480 e. The molecule has 2 aromatic carbocycles. The Bertz CT molecular complexity index is 858. The van der Waals surface area contributed by atoms with Crippen LogP contribution in [0.1, 0.15) is 27.6 Å². The lowest BCUT2D eigenvalue weighted by Crippen LogP contribution is -2.41. The van der Waals surface area contributed by atoms with Crippen molar-refractivity contribution in [3.8, 4) is 11.1 Å². The van der Waals surface area contributed by atoms with Crippen LogP contribution in [-0.4, -0.2) is 41.8 Å². The summed E-state index contributed by atoms with van der Waals surface area (Å²) in [4.78, 5) is 23.5. The molecule has 0 saturated carbocycles. The van der Waals surface area contributed by atoms with E-state index in [-0.39, 0.29) is 24.7 Å². The minimum absolute atomic E-state index is 0.0113. The van der Waals surface area contributed by atoms with E-state index in [0.717, 1.165) is 22.3 Å². The standard InChI is InChI=1S/C20H21NO4S/c1-26-11-10-18(19(22)23)21-20(24)25-12-17-15-8-4-2-6-13(15)14-7-3-5-9-16(14)17/h2-9,17-18H,10-12H2,1H3,(H,21,24)(H,22,23)/t18-/m0/s1/i1D3. The van der Waals surface area contributed by atoms with Gasteiger partial charge in [-0.3, -0.25) is 0 Å². The van der Waals surface area contributed by atoms with Gasteiger partial charge in [-0.1, -0.05) is 48.5 Å². The number of hydrogen-bond acceptors (Lipinski definition) is 4. The number of thioether (sulfide) groups is 1. The van der Waals surface area contributed by atoms with Gasteiger partial charge in [0, 0.05) is 10.0 Å². The molecule has 0 aliphatic heterocycles. The molecule has 0 bridgehead atoms. The second-order valence-corrected chi connectivity index (χ2v) is 6.69. The van der Waals surface area contributed by atoms with E-state index in [1.807, 2.05) is 48.5 Å². The highest BCUT2D eigenvalue weighted by molar-refractivity contribution is 7.98. The molecule has 1 amide bonds. The van der Waals surface area contributed by atoms with Crippen LogP contribution in [-0.2, 0) is 9.53 Å². The van der Waals surface area contributed by atoms with Crippen molar-refractivity contribution in [2.45, 2.75) is 18.4 Å². The van der Waals surface area contributed by atoms with Crippen molar-refractivity contribution in [3.63, 3.8) is 0 Å². The number of carbonyl (C=O) groups is 2. The Morgan fingerprint density at radius 2 is 1.81 bits per heavy atom. The molecule has 0 spiro atoms. The predicted octanol–water partition coefficient (Wildman–Crippen LogP) is 3.73. The molecule has 0 saturated heterocycles. The highest BCUT2D eigenvalue weighted by Gasteiger charge is 2.29. The first-order valence-corrected chi connectivity index (χ1v) is 9.23. The number of fused-ring (bicyclic) bond motifs is 3. The summed E-state index contributed by atoms with van der Waals surface area (Å²) in [6, 6.07) is 14.6. The van der Waals surface area contributed by atoms with E-state index < -0.39 is 24.3 Å². The molecule has 1 aliphatic rings. The van der Waals surface area contributed by atoms with Crippen LogP contribution in [0.15, 0.2) is 48.5 Å². The number of ether oxygens (including phenoxy) is 1. The van der Waals surface area contributed by atoms with Crippen molar-refractivity contribution in [3.05, 3.63) is 59.7 Å². The van der Waals surface area contributed by atoms with Gasteiger partial charge < -0.3 is 15.2 Å². The summed E-state index contributed by atoms with van der Waals surface area (Å²) in [7, 11) is 0. The first-order valence-electron chi connectivity index (χ1n) is 9.74. The quantitative estimate of drug-likeness (QED) is 0.772. The molecule has 1 atom stereocenters. The number of benzene rings is 2. The van der Waals surface area contributed by atoms with E-state index in [1.54, 1.807) is 0 Å². The Balaban J connectivity index is 1.61. The minimum atomic E-state index is -2.20. The molecule has 5 nitrogen and oxygen atoms in total. The van der Waals surface area contributed by atoms with Crippen molar-refractivity contribution in [2.24, 2.45) is 0 Å². The number of nitrogens with one attached hydrogen (secondary N) is 1. The number of carbonyl (C=O) groups excluding carboxylic acids is 1. The van der Waals surface area contributed by atoms with Crippen molar-refractivity contribution in [1.82, 2.24) is 5.32 Å². The van der Waals surface area contributed by atoms with Gasteiger partial charge >= 0.3 is 12.1 Å². The highest BCUT2D eigenvalue weighted by Crippen LogP contribution is 2.44. The van der Waals surface area contributed by atoms with Crippen LogP contribution in [0.3, 0.4) is 0 Å². The van der Waals surface area contributed by atoms with E-state index >= 15 is 0 Å². The van der Waals surface area contributed by atoms with Gasteiger partial charge in [0.25, 0.3) is 0 Å². The monoisotopic (exact) mass is 374 g/mol. The van der Waals surface area contributed by atoms with E-state index in [4.69, 9.17) is 8.85 Å². The molecule has 0 heterocycles. The number of alkyl carbamates (subject to hydrolysis) is 1. The Labute approximate surface area is 161 Å². The number of hydrogen-bond donors (Lipinski definition) is 2. The predicted molar refractivity (Wildman–Crippen MR) is 103 cm³/mol. The van der Waals surface area contributed by atoms with Gasteiger partial charge in [0.15, 0.2) is 0 Å². The van der Waals surface area contributed by atoms with Gasteiger partial charge in [0.2, 0.25) is 0 Å². The zero-order chi connectivity index (χ0) is 21.0. The van der Waals surface area contributed by atoms with Crippen molar-refractivity contribution in [2.75, 3.05) is 18.5 Å². The Kier molecular flexibility index (Phi) is 4.67. The molecule has 0 fully saturated rings. The van der Waals surface area contributed by atoms with Crippen LogP contribution < -0.4 is 5.32 Å². The maximum Gasteiger partial charge on any atom is 0.407 e. The van der Waals surface area contributed by atoms with Crippen LogP contribution in [0.2, 0.25) is 0 Å². The van der Waals surface area contributed by atoms with Crippen LogP contribution in [0.4, 0.5) is 4.79 Å². The van der Waals surface area contributed by atoms with E-state index in [1.165, 1.54) is 0 Å². The number of rotatable bonds is 7. The van der Waals surface area contributed by atoms with Gasteiger partial charge in [0.05, 0.1) is 0 Å². The molecule has 0 unspecified atom stereocenters. The molecular weight excluding hydrogens is 350 g/mol. The fourth-order valence-electron chi connectivity index (χ4n) is 3.22. The summed E-state index contributed by atoms with van der Waals surface area (Å²) in [6.07, 6.45) is -3.05. The van der Waals surface area contributed by atoms with Gasteiger partial charge in [-0.05, 0) is 40.6 Å². The lowest BCUT2D eigenvalue weighted by Gasteiger charge is -2.17. The lowest BCUT2D eigenvalue weighted by molar-refractivity contribution is -0.139. The number of carboxylic acid groups (broad SMARTS) is 1. The van der Waals surface area contributed by atoms with Crippen molar-refractivity contribution >= 4 is 23.8 Å². The van der Waals surface area contributed by atoms with Gasteiger partial charge in [-0.2, -0.15) is 11.8 Å². The molecule has 2 aromatic rings. The maximum absolute atomic E-state index is 12.2. The molecule has 0 radical (unpaired) electrons. The Morgan fingerprint density at radius 3 is 2.38 bits per heavy atom. The number of aliphatic carboxylic acids is 1. The average Bonchev–Trinajstić information content (AvgIpc) is 2.98. The topological polar surface area (TPSA) is 75.6 Å². The maximum atomic E-state index is 12.2. The average molecular weight is 374 g/mol. The Morgan fingerprint density at radius 1 is 1.19 bits per heavy atom. The molecule has 0 aromatic heterocycles. The van der Waals surface area contributed by atoms with Gasteiger partial charge in [0.1, 0.15) is 12.6 Å². The summed E-state index contributed by atoms with van der Waals surface area (Å²) in [5.41, 5.74) is 4.32. The highest BCUT2D eigenvalue weighted by atomic mass is 32.2. The van der Waals surface area contributed by atoms with Crippen molar-refractivity contribution < 1.29 is 23.5 Å². The second kappa shape index (κ2) is 8.27. The summed E-state index contributed by atoms with van der Waals surface area (Å²) in [5.74, 6) is -1.27. The summed E-state index contributed by atoms with van der Waals surface area (Å²) in [5, 5.41) is 11.6. The van der Waals surface area contributed by atoms with Crippen LogP contribution >= 0.6 is 11.8 Å². The molecule has 6 heteroatoms. The number of carboxylic acids is 1. The second-order valence-electron chi connectivity index (χ2n) is 6.00. The zero-order valence-corrected chi connectivity index (χ0v) is 14.8. The molecule has 2 N–H and O–H groups in total. The van der Waals surface area contributed by atoms with Crippen molar-refractivity contribution in [1.29, 1.82) is 0 Å². The van der Waals surface area contributed by atoms with Gasteiger partial charge in [-0.25, -0.2) is 9.59 Å². The fourth-order valence-corrected chi connectivity index (χ4v) is 3.57. The van der Waals surface area contributed by atoms with Gasteiger partial charge in [-0.15, -0.1) is 0 Å². The van der Waals surface area contributed by atoms with Crippen LogP contribution in [0, 0.1) is 0 Å². The van der Waals surface area contributed by atoms with E-state index in [0.29, 0.717) is 11.8 Å². The molecular formula is C20H21NO4S. The lowest BCUT2D eigenvalue weighted by atomic mass is 9.98. The molecule has 1 aliphatic carbocycles. The summed E-state index contributed by atoms with van der Waals surface area (Å²) in [6.45, 7) is 0.0796. The van der Waals surface area contributed by atoms with Crippen LogP contribution in [0.5, 0.6) is 0 Å². The van der Waals surface area contributed by atoms with E-state index in [2.05, 4.69) is 5.32 Å². The first-order chi connectivity index (χ1) is 13.8. The smallest absolute Gasteiger partial charge is 0.407 e. The first kappa shape index (κ1) is 14.7. The third kappa shape index (κ3) is 3.85. The molecule has 3 rings (SSSR count). The fraction of sp³-hybridized carbons (Fsp3) is 0.300. The number of amides is 1. The molecule has 136 valence electrons. The van der Waals surface area contributed by atoms with Crippen LogP contribution in [0.25, 0.3) is 11.1 Å². The summed E-state index contributed by atoms with van der Waals surface area (Å²) < 4.78 is 26.8. The molecule has 26 heavy (non-hydrogen) atoms. The summed E-state index contributed by atoms with van der Waals surface area (Å²) >= 11 is 0.669. The third-order valence-electron chi connectivity index (χ3n) is 4.44.